The highest BCUT2D eigenvalue weighted by molar-refractivity contribution is 7.80. The van der Waals surface area contributed by atoms with Gasteiger partial charge >= 0.3 is 0 Å². The molecule has 0 amide bonds. The zero-order valence-electron chi connectivity index (χ0n) is 9.49. The Morgan fingerprint density at radius 1 is 1.53 bits per heavy atom. The molecule has 0 aliphatic rings. The Balaban J connectivity index is 2.18. The molecule has 90 valence electrons. The maximum atomic E-state index is 5.39. The third kappa shape index (κ3) is 2.54. The van der Waals surface area contributed by atoms with E-state index in [4.69, 9.17) is 22.4 Å². The van der Waals surface area contributed by atoms with Gasteiger partial charge in [-0.25, -0.2) is 4.98 Å². The molecule has 0 spiro atoms. The number of nitrogens with two attached hydrogens (primary N) is 1. The minimum atomic E-state index is 0.545. The normalized spacial score (nSPS) is 10.5. The molecular formula is C11H14N4OS. The number of oxazole rings is 1. The van der Waals surface area contributed by atoms with E-state index >= 15 is 0 Å². The van der Waals surface area contributed by atoms with Gasteiger partial charge in [-0.05, 0) is 31.3 Å². The minimum absolute atomic E-state index is 0.545. The van der Waals surface area contributed by atoms with Crippen molar-refractivity contribution in [2.45, 2.75) is 6.92 Å². The summed E-state index contributed by atoms with van der Waals surface area (Å²) in [4.78, 5) is 4.16. The van der Waals surface area contributed by atoms with Gasteiger partial charge < -0.3 is 20.8 Å². The van der Waals surface area contributed by atoms with Crippen molar-refractivity contribution < 1.29 is 4.42 Å². The summed E-state index contributed by atoms with van der Waals surface area (Å²) in [6, 6.07) is 3.78. The first-order chi connectivity index (χ1) is 8.22. The Hall–Kier alpha value is -1.66. The molecule has 0 aliphatic carbocycles. The minimum Gasteiger partial charge on any atom is -0.443 e. The van der Waals surface area contributed by atoms with Gasteiger partial charge in [0.2, 0.25) is 0 Å². The van der Waals surface area contributed by atoms with Crippen LogP contribution in [0.2, 0.25) is 0 Å². The summed E-state index contributed by atoms with van der Waals surface area (Å²) in [6.45, 7) is 3.17. The molecule has 6 heteroatoms. The highest BCUT2D eigenvalue weighted by Gasteiger charge is 2.07. The van der Waals surface area contributed by atoms with E-state index in [0.29, 0.717) is 18.2 Å². The summed E-state index contributed by atoms with van der Waals surface area (Å²) in [5.74, 6) is 0. The maximum absolute atomic E-state index is 5.39. The topological polar surface area (TPSA) is 76.1 Å². The van der Waals surface area contributed by atoms with Crippen LogP contribution < -0.4 is 16.4 Å². The largest absolute Gasteiger partial charge is 0.443 e. The molecule has 0 fully saturated rings. The average molecular weight is 250 g/mol. The van der Waals surface area contributed by atoms with Crippen LogP contribution in [0.15, 0.2) is 22.9 Å². The molecule has 5 nitrogen and oxygen atoms in total. The van der Waals surface area contributed by atoms with Crippen LogP contribution in [0, 0.1) is 6.92 Å². The van der Waals surface area contributed by atoms with Crippen LogP contribution in [0.5, 0.6) is 0 Å². The highest BCUT2D eigenvalue weighted by Crippen LogP contribution is 2.23. The predicted molar refractivity (Wildman–Crippen MR) is 72.0 cm³/mol. The Morgan fingerprint density at radius 2 is 2.35 bits per heavy atom. The molecule has 1 heterocycles. The summed E-state index contributed by atoms with van der Waals surface area (Å²) in [6.07, 6.45) is 1.44. The SMILES string of the molecule is Cc1c(NC(=S)NCCN)ccc2ocnc12. The number of nitrogens with one attached hydrogen (secondary N) is 2. The van der Waals surface area contributed by atoms with E-state index in [-0.39, 0.29) is 0 Å². The second kappa shape index (κ2) is 5.11. The number of fused-ring (bicyclic) bond motifs is 1. The van der Waals surface area contributed by atoms with Gasteiger partial charge in [0.25, 0.3) is 0 Å². The van der Waals surface area contributed by atoms with Crippen molar-refractivity contribution in [1.82, 2.24) is 10.3 Å². The van der Waals surface area contributed by atoms with Crippen molar-refractivity contribution in [1.29, 1.82) is 0 Å². The third-order valence-corrected chi connectivity index (χ3v) is 2.68. The van der Waals surface area contributed by atoms with Crippen LogP contribution in [0.4, 0.5) is 5.69 Å². The molecule has 0 unspecified atom stereocenters. The quantitative estimate of drug-likeness (QED) is 0.715. The van der Waals surface area contributed by atoms with Crippen LogP contribution in [-0.4, -0.2) is 23.2 Å². The van der Waals surface area contributed by atoms with Crippen molar-refractivity contribution in [2.75, 3.05) is 18.4 Å². The smallest absolute Gasteiger partial charge is 0.181 e. The van der Waals surface area contributed by atoms with E-state index in [2.05, 4.69) is 15.6 Å². The van der Waals surface area contributed by atoms with E-state index in [0.717, 1.165) is 22.4 Å². The Morgan fingerprint density at radius 3 is 3.12 bits per heavy atom. The Kier molecular flexibility index (Phi) is 3.55. The number of aryl methyl sites for hydroxylation is 1. The first-order valence-electron chi connectivity index (χ1n) is 5.30. The number of anilines is 1. The number of nitrogens with zero attached hydrogens (tertiary/aromatic N) is 1. The van der Waals surface area contributed by atoms with Crippen molar-refractivity contribution in [2.24, 2.45) is 5.73 Å². The summed E-state index contributed by atoms with van der Waals surface area (Å²) < 4.78 is 5.22. The van der Waals surface area contributed by atoms with Crippen LogP contribution >= 0.6 is 12.2 Å². The zero-order valence-corrected chi connectivity index (χ0v) is 10.3. The lowest BCUT2D eigenvalue weighted by atomic mass is 10.1. The first kappa shape index (κ1) is 11.8. The molecule has 2 aromatic rings. The summed E-state index contributed by atoms with van der Waals surface area (Å²) in [7, 11) is 0. The van der Waals surface area contributed by atoms with Crippen molar-refractivity contribution >= 4 is 34.1 Å². The van der Waals surface area contributed by atoms with Crippen molar-refractivity contribution in [3.05, 3.63) is 24.1 Å². The summed E-state index contributed by atoms with van der Waals surface area (Å²) >= 11 is 5.14. The number of rotatable bonds is 3. The molecule has 0 aliphatic heterocycles. The fourth-order valence-corrected chi connectivity index (χ4v) is 1.77. The molecule has 0 atom stereocenters. The van der Waals surface area contributed by atoms with Gasteiger partial charge in [-0.1, -0.05) is 0 Å². The first-order valence-corrected chi connectivity index (χ1v) is 5.71. The number of benzene rings is 1. The van der Waals surface area contributed by atoms with Crippen molar-refractivity contribution in [3.8, 4) is 0 Å². The molecule has 0 bridgehead atoms. The lowest BCUT2D eigenvalue weighted by Gasteiger charge is -2.11. The summed E-state index contributed by atoms with van der Waals surface area (Å²) in [5, 5.41) is 6.67. The maximum Gasteiger partial charge on any atom is 0.181 e. The molecule has 0 saturated carbocycles. The zero-order chi connectivity index (χ0) is 12.3. The monoisotopic (exact) mass is 250 g/mol. The lowest BCUT2D eigenvalue weighted by molar-refractivity contribution is 0.602. The standard InChI is InChI=1S/C11H14N4OS/c1-7-8(15-11(17)13-5-4-12)2-3-9-10(7)14-6-16-9/h2-3,6H,4-5,12H2,1H3,(H2,13,15,17). The van der Waals surface area contributed by atoms with Crippen molar-refractivity contribution in [3.63, 3.8) is 0 Å². The lowest BCUT2D eigenvalue weighted by Crippen LogP contribution is -2.32. The van der Waals surface area contributed by atoms with Crippen LogP contribution in [0.3, 0.4) is 0 Å². The van der Waals surface area contributed by atoms with E-state index in [1.54, 1.807) is 0 Å². The number of thiocarbonyl (C=S) groups is 1. The molecule has 0 saturated heterocycles. The van der Waals surface area contributed by atoms with Crippen LogP contribution in [-0.2, 0) is 0 Å². The molecule has 0 radical (unpaired) electrons. The average Bonchev–Trinajstić information content (AvgIpc) is 2.79. The second-order valence-corrected chi connectivity index (χ2v) is 4.02. The van der Waals surface area contributed by atoms with Gasteiger partial charge in [0.15, 0.2) is 17.1 Å². The number of aromatic nitrogens is 1. The molecule has 2 rings (SSSR count). The van der Waals surface area contributed by atoms with E-state index in [1.165, 1.54) is 6.39 Å². The molecule has 4 N–H and O–H groups in total. The van der Waals surface area contributed by atoms with Gasteiger partial charge in [0.1, 0.15) is 5.52 Å². The van der Waals surface area contributed by atoms with Gasteiger partial charge in [0.05, 0.1) is 0 Å². The van der Waals surface area contributed by atoms with Crippen LogP contribution in [0.25, 0.3) is 11.1 Å². The van der Waals surface area contributed by atoms with E-state index in [1.807, 2.05) is 19.1 Å². The second-order valence-electron chi connectivity index (χ2n) is 3.61. The predicted octanol–water partition coefficient (Wildman–Crippen LogP) is 1.38. The Bertz CT molecular complexity index is 537. The molecule has 17 heavy (non-hydrogen) atoms. The van der Waals surface area contributed by atoms with Gasteiger partial charge in [-0.2, -0.15) is 0 Å². The highest BCUT2D eigenvalue weighted by atomic mass is 32.1. The Labute approximate surface area is 104 Å². The van der Waals surface area contributed by atoms with E-state index in [9.17, 15) is 0 Å². The molecule has 1 aromatic heterocycles. The summed E-state index contributed by atoms with van der Waals surface area (Å²) in [5.41, 5.74) is 8.93. The number of hydrogen-bond donors (Lipinski definition) is 3. The molecule has 1 aromatic carbocycles. The third-order valence-electron chi connectivity index (χ3n) is 2.43. The fourth-order valence-electron chi connectivity index (χ4n) is 1.55. The van der Waals surface area contributed by atoms with Gasteiger partial charge in [-0.15, -0.1) is 0 Å². The molecular weight excluding hydrogens is 236 g/mol. The van der Waals surface area contributed by atoms with Crippen LogP contribution in [0.1, 0.15) is 5.56 Å². The number of hydrogen-bond acceptors (Lipinski definition) is 4. The van der Waals surface area contributed by atoms with E-state index < -0.39 is 0 Å². The van der Waals surface area contributed by atoms with Gasteiger partial charge in [0, 0.05) is 24.3 Å². The fraction of sp³-hybridized carbons (Fsp3) is 0.273. The van der Waals surface area contributed by atoms with Gasteiger partial charge in [-0.3, -0.25) is 0 Å².